The second-order valence-corrected chi connectivity index (χ2v) is 25.8. The molecule has 0 aromatic carbocycles. The Bertz CT molecular complexity index is 1260. The van der Waals surface area contributed by atoms with Crippen molar-refractivity contribution in [2.75, 3.05) is 13.2 Å². The average Bonchev–Trinajstić information content (AvgIpc) is 3.44. The summed E-state index contributed by atoms with van der Waals surface area (Å²) in [6.45, 7) is 25.5. The van der Waals surface area contributed by atoms with E-state index >= 15 is 0 Å². The highest BCUT2D eigenvalue weighted by molar-refractivity contribution is 6.74. The molecule has 2 unspecified atom stereocenters. The van der Waals surface area contributed by atoms with Gasteiger partial charge < -0.3 is 27.8 Å². The molecule has 0 aromatic heterocycles. The summed E-state index contributed by atoms with van der Waals surface area (Å²) in [6.07, 6.45) is 10.9. The Labute approximate surface area is 308 Å². The van der Waals surface area contributed by atoms with Crippen LogP contribution in [0.5, 0.6) is 0 Å². The van der Waals surface area contributed by atoms with Crippen LogP contribution in [0.2, 0.25) is 36.3 Å². The molecule has 0 saturated carbocycles. The lowest BCUT2D eigenvalue weighted by Gasteiger charge is -2.38. The first kappa shape index (κ1) is 44.4. The largest absolute Gasteiger partial charge is 0.465 e. The van der Waals surface area contributed by atoms with Gasteiger partial charge in [0, 0.05) is 11.1 Å². The fourth-order valence-electron chi connectivity index (χ4n) is 4.65. The highest BCUT2D eigenvalue weighted by Gasteiger charge is 2.45. The van der Waals surface area contributed by atoms with E-state index in [1.807, 2.05) is 24.3 Å². The van der Waals surface area contributed by atoms with Crippen molar-refractivity contribution in [1.82, 2.24) is 0 Å². The Balaban J connectivity index is 1.90. The number of hydrogen-bond donors (Lipinski definition) is 0. The van der Waals surface area contributed by atoms with Crippen LogP contribution in [0.25, 0.3) is 0 Å². The van der Waals surface area contributed by atoms with Crippen molar-refractivity contribution < 1.29 is 47.0 Å². The summed E-state index contributed by atoms with van der Waals surface area (Å²) in [7, 11) is -4.53. The van der Waals surface area contributed by atoms with E-state index in [9.17, 15) is 19.2 Å². The molecule has 0 aromatic rings. The summed E-state index contributed by atoms with van der Waals surface area (Å²) in [6, 6.07) is 0. The van der Waals surface area contributed by atoms with Gasteiger partial charge in [-0.15, -0.1) is 0 Å². The number of unbranched alkanes of at least 4 members (excludes halogenated alkanes) is 4. The fraction of sp³-hybridized carbons (Fsp3) is 0.692. The van der Waals surface area contributed by atoms with Gasteiger partial charge in [-0.25, -0.2) is 9.59 Å². The van der Waals surface area contributed by atoms with E-state index in [1.54, 1.807) is 0 Å². The van der Waals surface area contributed by atoms with Gasteiger partial charge in [-0.3, -0.25) is 9.59 Å². The van der Waals surface area contributed by atoms with Crippen molar-refractivity contribution >= 4 is 40.5 Å². The third-order valence-electron chi connectivity index (χ3n) is 10.0. The Kier molecular flexibility index (Phi) is 16.8. The number of hydrogen-bond acceptors (Lipinski definition) is 10. The SMILES string of the molecule is CCC/C=C/C1=C(CC(=O)OCCCCCOC(=O)CC2=C(/C=C/CCC)C(O[Si](C)(C)C(C)(C)C)OC2=O)C(=O)OC1O[Si](C)(C)C(C)(C)C. The van der Waals surface area contributed by atoms with Crippen LogP contribution in [0, 0.1) is 0 Å². The summed E-state index contributed by atoms with van der Waals surface area (Å²) < 4.78 is 34.9. The minimum atomic E-state index is -2.26. The zero-order valence-corrected chi connectivity index (χ0v) is 35.3. The van der Waals surface area contributed by atoms with Crippen molar-refractivity contribution in [2.45, 2.75) is 162 Å². The van der Waals surface area contributed by atoms with E-state index < -0.39 is 53.1 Å². The lowest BCUT2D eigenvalue weighted by atomic mass is 10.1. The highest BCUT2D eigenvalue weighted by Crippen LogP contribution is 2.41. The number of cyclic esters (lactones) is 2. The molecule has 0 saturated heterocycles. The number of ether oxygens (including phenoxy) is 4. The van der Waals surface area contributed by atoms with Gasteiger partial charge in [-0.2, -0.15) is 0 Å². The number of rotatable bonds is 20. The van der Waals surface area contributed by atoms with E-state index in [0.717, 1.165) is 25.7 Å². The van der Waals surface area contributed by atoms with Crippen LogP contribution in [0.4, 0.5) is 0 Å². The van der Waals surface area contributed by atoms with Gasteiger partial charge in [-0.1, -0.05) is 92.5 Å². The van der Waals surface area contributed by atoms with Gasteiger partial charge in [0.1, 0.15) is 0 Å². The van der Waals surface area contributed by atoms with Crippen LogP contribution < -0.4 is 0 Å². The van der Waals surface area contributed by atoms with Crippen molar-refractivity contribution in [1.29, 1.82) is 0 Å². The molecule has 0 bridgehead atoms. The predicted octanol–water partition coefficient (Wildman–Crippen LogP) is 9.14. The zero-order valence-electron chi connectivity index (χ0n) is 33.3. The van der Waals surface area contributed by atoms with Crippen molar-refractivity contribution in [3.63, 3.8) is 0 Å². The molecular weight excluding hydrogens is 685 g/mol. The monoisotopic (exact) mass is 748 g/mol. The van der Waals surface area contributed by atoms with Gasteiger partial charge in [-0.05, 0) is 68.4 Å². The van der Waals surface area contributed by atoms with Crippen molar-refractivity contribution in [3.8, 4) is 0 Å². The molecule has 10 nitrogen and oxygen atoms in total. The third-order valence-corrected chi connectivity index (χ3v) is 18.8. The number of esters is 4. The Morgan fingerprint density at radius 1 is 0.647 bits per heavy atom. The first-order valence-corrected chi connectivity index (χ1v) is 24.3. The van der Waals surface area contributed by atoms with Crippen molar-refractivity contribution in [3.05, 3.63) is 46.6 Å². The lowest BCUT2D eigenvalue weighted by Crippen LogP contribution is -2.44. The molecular formula is C39H64O10Si2. The molecule has 0 amide bonds. The second kappa shape index (κ2) is 19.3. The molecule has 51 heavy (non-hydrogen) atoms. The highest BCUT2D eigenvalue weighted by atomic mass is 28.4. The molecule has 0 N–H and O–H groups in total. The van der Waals surface area contributed by atoms with Crippen LogP contribution in [0.3, 0.4) is 0 Å². The van der Waals surface area contributed by atoms with Gasteiger partial charge in [0.15, 0.2) is 16.6 Å². The molecule has 0 aliphatic carbocycles. The maximum absolute atomic E-state index is 12.8. The molecule has 0 radical (unpaired) electrons. The molecule has 2 aliphatic rings. The lowest BCUT2D eigenvalue weighted by molar-refractivity contribution is -0.152. The second-order valence-electron chi connectivity index (χ2n) is 16.3. The molecule has 2 rings (SSSR count). The summed E-state index contributed by atoms with van der Waals surface area (Å²) in [5.74, 6) is -2.14. The van der Waals surface area contributed by atoms with E-state index in [1.165, 1.54) is 0 Å². The van der Waals surface area contributed by atoms with Gasteiger partial charge in [0.25, 0.3) is 0 Å². The minimum Gasteiger partial charge on any atom is -0.465 e. The number of carbonyl (C=O) groups excluding carboxylic acids is 4. The van der Waals surface area contributed by atoms with E-state index in [2.05, 4.69) is 81.6 Å². The molecule has 2 aliphatic heterocycles. The maximum atomic E-state index is 12.8. The van der Waals surface area contributed by atoms with Gasteiger partial charge >= 0.3 is 23.9 Å². The summed E-state index contributed by atoms with van der Waals surface area (Å²) >= 11 is 0. The molecule has 2 atom stereocenters. The topological polar surface area (TPSA) is 124 Å². The quantitative estimate of drug-likeness (QED) is 0.0515. The Morgan fingerprint density at radius 3 is 1.31 bits per heavy atom. The Hall–Kier alpha value is -2.81. The van der Waals surface area contributed by atoms with Crippen LogP contribution in [0.1, 0.15) is 113 Å². The number of carbonyl (C=O) groups is 4. The predicted molar refractivity (Wildman–Crippen MR) is 203 cm³/mol. The zero-order chi connectivity index (χ0) is 38.6. The average molecular weight is 749 g/mol. The first-order valence-electron chi connectivity index (χ1n) is 18.5. The van der Waals surface area contributed by atoms with Crippen LogP contribution in [-0.4, -0.2) is 66.3 Å². The Morgan fingerprint density at radius 2 is 1.00 bits per heavy atom. The van der Waals surface area contributed by atoms with E-state index in [0.29, 0.717) is 30.4 Å². The summed E-state index contributed by atoms with van der Waals surface area (Å²) in [5.41, 5.74) is 1.71. The van der Waals surface area contributed by atoms with Gasteiger partial charge in [0.2, 0.25) is 12.6 Å². The summed E-state index contributed by atoms with van der Waals surface area (Å²) in [4.78, 5) is 51.2. The molecule has 0 spiro atoms. The van der Waals surface area contributed by atoms with Crippen LogP contribution >= 0.6 is 0 Å². The van der Waals surface area contributed by atoms with Crippen LogP contribution in [-0.2, 0) is 47.0 Å². The minimum absolute atomic E-state index is 0.0855. The van der Waals surface area contributed by atoms with Crippen molar-refractivity contribution in [2.24, 2.45) is 0 Å². The number of allylic oxidation sites excluding steroid dienone is 2. The van der Waals surface area contributed by atoms with Crippen LogP contribution in [0.15, 0.2) is 46.6 Å². The molecule has 2 heterocycles. The molecule has 288 valence electrons. The van der Waals surface area contributed by atoms with E-state index in [-0.39, 0.29) is 47.3 Å². The fourth-order valence-corrected chi connectivity index (χ4v) is 6.78. The summed E-state index contributed by atoms with van der Waals surface area (Å²) in [5, 5.41) is -0.171. The van der Waals surface area contributed by atoms with E-state index in [4.69, 9.17) is 27.8 Å². The first-order chi connectivity index (χ1) is 23.6. The smallest absolute Gasteiger partial charge is 0.337 e. The molecule has 12 heteroatoms. The van der Waals surface area contributed by atoms with Gasteiger partial charge in [0.05, 0.1) is 37.2 Å². The normalized spacial score (nSPS) is 19.1. The standard InChI is InChI=1S/C39H64O10Si2/c1-13-15-18-22-28-30(34(42)46-36(28)48-50(9,10)38(3,4)5)26-32(40)44-24-20-17-21-25-45-33(41)27-31-29(23-19-16-14-2)37(47-35(31)43)49-51(11,12)39(6,7)8/h18-19,22-23,36-37H,13-17,20-21,24-27H2,1-12H3/b22-18+,23-19+. The third kappa shape index (κ3) is 13.3. The molecule has 0 fully saturated rings. The maximum Gasteiger partial charge on any atom is 0.337 e.